The topological polar surface area (TPSA) is 63.2 Å². The Kier molecular flexibility index (Phi) is 4.44. The Morgan fingerprint density at radius 1 is 1.45 bits per heavy atom. The summed E-state index contributed by atoms with van der Waals surface area (Å²) in [6, 6.07) is 3.52. The number of fused-ring (bicyclic) bond motifs is 1. The number of benzene rings is 1. The number of rotatable bonds is 4. The molecule has 0 atom stereocenters. The average molecular weight is 293 g/mol. The first kappa shape index (κ1) is 14.6. The average Bonchev–Trinajstić information content (AvgIpc) is 2.74. The van der Waals surface area contributed by atoms with Crippen LogP contribution in [-0.4, -0.2) is 24.7 Å². The summed E-state index contributed by atoms with van der Waals surface area (Å²) >= 11 is 1.59. The number of nitrogens with zero attached hydrogens (tertiary/aromatic N) is 1. The molecule has 2 amide bonds. The SMILES string of the molecule is COc1cc2nc(C)sc2cc1NC(=O)NCC(C)C. The molecule has 0 unspecified atom stereocenters. The maximum atomic E-state index is 11.8. The second-order valence-corrected chi connectivity index (χ2v) is 6.22. The maximum absolute atomic E-state index is 11.8. The first-order valence-corrected chi connectivity index (χ1v) is 7.31. The van der Waals surface area contributed by atoms with Gasteiger partial charge in [-0.1, -0.05) is 13.8 Å². The van der Waals surface area contributed by atoms with Crippen LogP contribution in [0, 0.1) is 12.8 Å². The minimum Gasteiger partial charge on any atom is -0.494 e. The molecule has 0 radical (unpaired) electrons. The van der Waals surface area contributed by atoms with Crippen LogP contribution in [0.25, 0.3) is 10.2 Å². The number of ether oxygens (including phenoxy) is 1. The zero-order valence-corrected chi connectivity index (χ0v) is 12.9. The maximum Gasteiger partial charge on any atom is 0.319 e. The number of aromatic nitrogens is 1. The molecule has 0 fully saturated rings. The predicted octanol–water partition coefficient (Wildman–Crippen LogP) is 3.39. The van der Waals surface area contributed by atoms with E-state index in [4.69, 9.17) is 4.74 Å². The Morgan fingerprint density at radius 2 is 2.20 bits per heavy atom. The van der Waals surface area contributed by atoms with Gasteiger partial charge in [0.05, 0.1) is 28.0 Å². The van der Waals surface area contributed by atoms with Crippen molar-refractivity contribution < 1.29 is 9.53 Å². The van der Waals surface area contributed by atoms with Crippen LogP contribution in [0.5, 0.6) is 5.75 Å². The van der Waals surface area contributed by atoms with Gasteiger partial charge >= 0.3 is 6.03 Å². The van der Waals surface area contributed by atoms with Crippen LogP contribution in [0.1, 0.15) is 18.9 Å². The molecule has 1 aromatic heterocycles. The predicted molar refractivity (Wildman–Crippen MR) is 82.8 cm³/mol. The van der Waals surface area contributed by atoms with Crippen molar-refractivity contribution in [1.29, 1.82) is 0 Å². The minimum absolute atomic E-state index is 0.224. The van der Waals surface area contributed by atoms with E-state index in [2.05, 4.69) is 15.6 Å². The van der Waals surface area contributed by atoms with Gasteiger partial charge in [-0.3, -0.25) is 0 Å². The molecule has 2 aromatic rings. The van der Waals surface area contributed by atoms with Crippen molar-refractivity contribution in [1.82, 2.24) is 10.3 Å². The summed E-state index contributed by atoms with van der Waals surface area (Å²) in [7, 11) is 1.58. The standard InChI is InChI=1S/C14H19N3O2S/c1-8(2)7-15-14(18)17-10-6-13-11(5-12(10)19-4)16-9(3)20-13/h5-6,8H,7H2,1-4H3,(H2,15,17,18). The summed E-state index contributed by atoms with van der Waals surface area (Å²) < 4.78 is 6.34. The highest BCUT2D eigenvalue weighted by Crippen LogP contribution is 2.32. The highest BCUT2D eigenvalue weighted by molar-refractivity contribution is 7.18. The van der Waals surface area contributed by atoms with Crippen LogP contribution in [0.4, 0.5) is 10.5 Å². The van der Waals surface area contributed by atoms with Gasteiger partial charge in [-0.05, 0) is 18.9 Å². The third-order valence-electron chi connectivity index (χ3n) is 2.74. The fourth-order valence-corrected chi connectivity index (χ4v) is 2.65. The molecule has 0 spiro atoms. The van der Waals surface area contributed by atoms with Gasteiger partial charge in [-0.15, -0.1) is 11.3 Å². The normalized spacial score (nSPS) is 10.8. The summed E-state index contributed by atoms with van der Waals surface area (Å²) in [6.07, 6.45) is 0. The fraction of sp³-hybridized carbons (Fsp3) is 0.429. The van der Waals surface area contributed by atoms with Crippen molar-refractivity contribution in [2.75, 3.05) is 19.0 Å². The zero-order chi connectivity index (χ0) is 14.7. The number of carbonyl (C=O) groups is 1. The largest absolute Gasteiger partial charge is 0.494 e. The molecule has 20 heavy (non-hydrogen) atoms. The van der Waals surface area contributed by atoms with E-state index in [1.54, 1.807) is 18.4 Å². The molecule has 6 heteroatoms. The number of hydrogen-bond donors (Lipinski definition) is 2. The second kappa shape index (κ2) is 6.09. The van der Waals surface area contributed by atoms with Gasteiger partial charge in [0.2, 0.25) is 0 Å². The van der Waals surface area contributed by atoms with Crippen molar-refractivity contribution >= 4 is 33.3 Å². The van der Waals surface area contributed by atoms with Gasteiger partial charge in [0, 0.05) is 12.6 Å². The molecule has 108 valence electrons. The van der Waals surface area contributed by atoms with Gasteiger partial charge in [0.25, 0.3) is 0 Å². The molecule has 1 aromatic carbocycles. The Morgan fingerprint density at radius 3 is 2.85 bits per heavy atom. The third-order valence-corrected chi connectivity index (χ3v) is 3.67. The van der Waals surface area contributed by atoms with Gasteiger partial charge in [-0.25, -0.2) is 9.78 Å². The van der Waals surface area contributed by atoms with Crippen molar-refractivity contribution in [2.45, 2.75) is 20.8 Å². The minimum atomic E-state index is -0.224. The molecular formula is C14H19N3O2S. The zero-order valence-electron chi connectivity index (χ0n) is 12.1. The summed E-state index contributed by atoms with van der Waals surface area (Å²) in [5.41, 5.74) is 1.54. The lowest BCUT2D eigenvalue weighted by atomic mass is 10.2. The quantitative estimate of drug-likeness (QED) is 0.908. The second-order valence-electron chi connectivity index (χ2n) is 4.98. The third kappa shape index (κ3) is 3.39. The molecule has 2 N–H and O–H groups in total. The van der Waals surface area contributed by atoms with Crippen molar-refractivity contribution in [3.05, 3.63) is 17.1 Å². The Hall–Kier alpha value is -1.82. The van der Waals surface area contributed by atoms with E-state index in [1.165, 1.54) is 0 Å². The molecule has 0 aliphatic carbocycles. The molecule has 0 saturated carbocycles. The van der Waals surface area contributed by atoms with E-state index in [1.807, 2.05) is 32.9 Å². The van der Waals surface area contributed by atoms with Gasteiger partial charge in [0.1, 0.15) is 5.75 Å². The molecule has 0 bridgehead atoms. The number of urea groups is 1. The lowest BCUT2D eigenvalue weighted by molar-refractivity contribution is 0.250. The number of methoxy groups -OCH3 is 1. The van der Waals surface area contributed by atoms with Crippen molar-refractivity contribution in [3.8, 4) is 5.75 Å². The molecular weight excluding hydrogens is 274 g/mol. The summed E-state index contributed by atoms with van der Waals surface area (Å²) in [4.78, 5) is 16.2. The van der Waals surface area contributed by atoms with Crippen molar-refractivity contribution in [2.24, 2.45) is 5.92 Å². The molecule has 2 rings (SSSR count). The summed E-state index contributed by atoms with van der Waals surface area (Å²) in [5.74, 6) is 1.02. The van der Waals surface area contributed by atoms with E-state index < -0.39 is 0 Å². The fourth-order valence-electron chi connectivity index (χ4n) is 1.80. The first-order chi connectivity index (χ1) is 9.49. The van der Waals surface area contributed by atoms with Gasteiger partial charge in [-0.2, -0.15) is 0 Å². The summed E-state index contributed by atoms with van der Waals surface area (Å²) in [6.45, 7) is 6.69. The Bertz CT molecular complexity index is 622. The number of thiazole rings is 1. The molecule has 1 heterocycles. The smallest absolute Gasteiger partial charge is 0.319 e. The number of nitrogens with one attached hydrogen (secondary N) is 2. The number of carbonyl (C=O) groups excluding carboxylic acids is 1. The molecule has 0 saturated heterocycles. The van der Waals surface area contributed by atoms with Crippen molar-refractivity contribution in [3.63, 3.8) is 0 Å². The monoisotopic (exact) mass is 293 g/mol. The van der Waals surface area contributed by atoms with Crippen LogP contribution < -0.4 is 15.4 Å². The molecule has 5 nitrogen and oxygen atoms in total. The van der Waals surface area contributed by atoms with Crippen LogP contribution in [-0.2, 0) is 0 Å². The summed E-state index contributed by atoms with van der Waals surface area (Å²) in [5, 5.41) is 6.63. The number of anilines is 1. The van der Waals surface area contributed by atoms with E-state index >= 15 is 0 Å². The van der Waals surface area contributed by atoms with Crippen LogP contribution in [0.15, 0.2) is 12.1 Å². The van der Waals surface area contributed by atoms with Crippen LogP contribution in [0.2, 0.25) is 0 Å². The lowest BCUT2D eigenvalue weighted by Crippen LogP contribution is -2.31. The van der Waals surface area contributed by atoms with E-state index in [0.717, 1.165) is 15.2 Å². The Balaban J connectivity index is 2.21. The number of amides is 2. The van der Waals surface area contributed by atoms with Gasteiger partial charge < -0.3 is 15.4 Å². The van der Waals surface area contributed by atoms with E-state index in [-0.39, 0.29) is 6.03 Å². The number of hydrogen-bond acceptors (Lipinski definition) is 4. The Labute approximate surface area is 122 Å². The molecule has 0 aliphatic rings. The van der Waals surface area contributed by atoms with E-state index in [0.29, 0.717) is 23.9 Å². The van der Waals surface area contributed by atoms with E-state index in [9.17, 15) is 4.79 Å². The highest BCUT2D eigenvalue weighted by Gasteiger charge is 2.11. The van der Waals surface area contributed by atoms with Gasteiger partial charge in [0.15, 0.2) is 0 Å². The highest BCUT2D eigenvalue weighted by atomic mass is 32.1. The lowest BCUT2D eigenvalue weighted by Gasteiger charge is -2.12. The van der Waals surface area contributed by atoms with Crippen LogP contribution >= 0.6 is 11.3 Å². The van der Waals surface area contributed by atoms with Crippen LogP contribution in [0.3, 0.4) is 0 Å². The number of aryl methyl sites for hydroxylation is 1. The molecule has 0 aliphatic heterocycles. The first-order valence-electron chi connectivity index (χ1n) is 6.49.